The summed E-state index contributed by atoms with van der Waals surface area (Å²) in [7, 11) is 1.32. The molecule has 0 aliphatic heterocycles. The van der Waals surface area contributed by atoms with Gasteiger partial charge in [0.15, 0.2) is 5.75 Å². The minimum absolute atomic E-state index is 0.0728. The van der Waals surface area contributed by atoms with Crippen molar-refractivity contribution in [2.75, 3.05) is 12.4 Å². The van der Waals surface area contributed by atoms with E-state index in [1.165, 1.54) is 37.6 Å². The van der Waals surface area contributed by atoms with Crippen molar-refractivity contribution < 1.29 is 18.8 Å². The summed E-state index contributed by atoms with van der Waals surface area (Å²) >= 11 is 0. The molecule has 0 radical (unpaired) electrons. The van der Waals surface area contributed by atoms with E-state index in [2.05, 4.69) is 10.4 Å². The van der Waals surface area contributed by atoms with Crippen LogP contribution in [0.3, 0.4) is 0 Å². The molecule has 0 atom stereocenters. The zero-order chi connectivity index (χ0) is 19.4. The molecule has 0 fully saturated rings. The van der Waals surface area contributed by atoms with E-state index in [-0.39, 0.29) is 22.8 Å². The Balaban J connectivity index is 1.71. The summed E-state index contributed by atoms with van der Waals surface area (Å²) in [4.78, 5) is 22.8. The van der Waals surface area contributed by atoms with E-state index < -0.39 is 10.8 Å². The third-order valence-electron chi connectivity index (χ3n) is 3.79. The van der Waals surface area contributed by atoms with Crippen molar-refractivity contribution in [1.82, 2.24) is 9.78 Å². The minimum Gasteiger partial charge on any atom is -0.490 e. The highest BCUT2D eigenvalue weighted by atomic mass is 19.1. The molecule has 0 aliphatic carbocycles. The molecule has 0 saturated heterocycles. The van der Waals surface area contributed by atoms with Crippen LogP contribution >= 0.6 is 0 Å². The highest BCUT2D eigenvalue weighted by Crippen LogP contribution is 2.27. The number of aromatic nitrogens is 2. The van der Waals surface area contributed by atoms with E-state index in [1.54, 1.807) is 23.0 Å². The summed E-state index contributed by atoms with van der Waals surface area (Å²) in [5.74, 6) is -0.758. The number of nitrogens with zero attached hydrogens (tertiary/aromatic N) is 3. The van der Waals surface area contributed by atoms with Gasteiger partial charge in [-0.1, -0.05) is 12.1 Å². The van der Waals surface area contributed by atoms with Gasteiger partial charge in [0.25, 0.3) is 5.91 Å². The first-order valence-electron chi connectivity index (χ1n) is 7.87. The summed E-state index contributed by atoms with van der Waals surface area (Å²) < 4.78 is 19.4. The molecule has 1 heterocycles. The number of anilines is 1. The number of ether oxygens (including phenoxy) is 1. The fourth-order valence-corrected chi connectivity index (χ4v) is 2.47. The fourth-order valence-electron chi connectivity index (χ4n) is 2.47. The topological polar surface area (TPSA) is 99.3 Å². The Morgan fingerprint density at radius 3 is 2.70 bits per heavy atom. The number of rotatable bonds is 6. The zero-order valence-corrected chi connectivity index (χ0v) is 14.3. The highest BCUT2D eigenvalue weighted by Gasteiger charge is 2.18. The summed E-state index contributed by atoms with van der Waals surface area (Å²) in [5, 5.41) is 17.8. The smallest absolute Gasteiger partial charge is 0.311 e. The van der Waals surface area contributed by atoms with Gasteiger partial charge in [-0.2, -0.15) is 5.10 Å². The van der Waals surface area contributed by atoms with Gasteiger partial charge in [-0.3, -0.25) is 19.6 Å². The number of amides is 1. The molecule has 2 aromatic carbocycles. The first-order valence-corrected chi connectivity index (χ1v) is 7.87. The molecule has 9 heteroatoms. The predicted molar refractivity (Wildman–Crippen MR) is 95.3 cm³/mol. The van der Waals surface area contributed by atoms with E-state index in [4.69, 9.17) is 4.74 Å². The summed E-state index contributed by atoms with van der Waals surface area (Å²) in [6, 6.07) is 9.96. The van der Waals surface area contributed by atoms with Crippen molar-refractivity contribution in [3.63, 3.8) is 0 Å². The molecule has 1 amide bonds. The lowest BCUT2D eigenvalue weighted by atomic mass is 10.1. The molecule has 1 N–H and O–H groups in total. The second-order valence-corrected chi connectivity index (χ2v) is 5.65. The van der Waals surface area contributed by atoms with Crippen molar-refractivity contribution in [3.05, 3.63) is 81.9 Å². The molecule has 0 bridgehead atoms. The van der Waals surface area contributed by atoms with Crippen LogP contribution in [-0.4, -0.2) is 27.7 Å². The lowest BCUT2D eigenvalue weighted by molar-refractivity contribution is -0.385. The van der Waals surface area contributed by atoms with Gasteiger partial charge in [-0.15, -0.1) is 0 Å². The Labute approximate surface area is 153 Å². The molecular weight excluding hydrogens is 355 g/mol. The lowest BCUT2D eigenvalue weighted by Crippen LogP contribution is -2.12. The maximum atomic E-state index is 12.9. The Morgan fingerprint density at radius 1 is 1.30 bits per heavy atom. The molecule has 3 aromatic rings. The minimum atomic E-state index is -0.615. The number of carbonyl (C=O) groups excluding carboxylic acids is 1. The number of nitro benzene ring substituents is 1. The molecule has 138 valence electrons. The lowest BCUT2D eigenvalue weighted by Gasteiger charge is -2.05. The van der Waals surface area contributed by atoms with Crippen LogP contribution in [0.15, 0.2) is 54.9 Å². The molecule has 1 aromatic heterocycles. The van der Waals surface area contributed by atoms with E-state index in [0.717, 1.165) is 11.6 Å². The molecule has 3 rings (SSSR count). The Bertz CT molecular complexity index is 985. The molecule has 0 aliphatic rings. The van der Waals surface area contributed by atoms with Crippen molar-refractivity contribution in [1.29, 1.82) is 0 Å². The van der Waals surface area contributed by atoms with Crippen LogP contribution in [0, 0.1) is 15.9 Å². The van der Waals surface area contributed by atoms with Crippen molar-refractivity contribution in [2.24, 2.45) is 0 Å². The van der Waals surface area contributed by atoms with Gasteiger partial charge in [-0.25, -0.2) is 4.39 Å². The Kier molecular flexibility index (Phi) is 5.11. The molecule has 0 saturated carbocycles. The first kappa shape index (κ1) is 18.1. The Hall–Kier alpha value is -3.75. The monoisotopic (exact) mass is 370 g/mol. The maximum Gasteiger partial charge on any atom is 0.311 e. The van der Waals surface area contributed by atoms with Crippen molar-refractivity contribution >= 4 is 17.3 Å². The summed E-state index contributed by atoms with van der Waals surface area (Å²) in [5.41, 5.74) is 1.11. The number of carbonyl (C=O) groups is 1. The number of nitro groups is 1. The SMILES string of the molecule is COc1ccc(C(=O)Nc2cnn(Cc3ccc(F)cc3)c2)cc1[N+](=O)[O-]. The van der Waals surface area contributed by atoms with Gasteiger partial charge < -0.3 is 10.1 Å². The van der Waals surface area contributed by atoms with Gasteiger partial charge in [-0.05, 0) is 29.8 Å². The second kappa shape index (κ2) is 7.65. The van der Waals surface area contributed by atoms with Crippen LogP contribution in [0.4, 0.5) is 15.8 Å². The number of hydrogen-bond donors (Lipinski definition) is 1. The van der Waals surface area contributed by atoms with Crippen molar-refractivity contribution in [3.8, 4) is 5.75 Å². The summed E-state index contributed by atoms with van der Waals surface area (Å²) in [6.45, 7) is 0.407. The molecule has 0 unspecified atom stereocenters. The average Bonchev–Trinajstić information content (AvgIpc) is 3.09. The number of halogens is 1. The number of nitrogens with one attached hydrogen (secondary N) is 1. The molecule has 27 heavy (non-hydrogen) atoms. The van der Waals surface area contributed by atoms with Crippen molar-refractivity contribution in [2.45, 2.75) is 6.54 Å². The number of methoxy groups -OCH3 is 1. The normalized spacial score (nSPS) is 10.4. The number of hydrogen-bond acceptors (Lipinski definition) is 5. The maximum absolute atomic E-state index is 12.9. The first-order chi connectivity index (χ1) is 13.0. The standard InChI is InChI=1S/C18H15FN4O4/c1-27-17-7-4-13(8-16(17)23(25)26)18(24)21-15-9-20-22(11-15)10-12-2-5-14(19)6-3-12/h2-9,11H,10H2,1H3,(H,21,24). The van der Waals surface area contributed by atoms with Gasteiger partial charge in [0.1, 0.15) is 5.82 Å². The van der Waals surface area contributed by atoms with Crippen LogP contribution in [0.2, 0.25) is 0 Å². The average molecular weight is 370 g/mol. The van der Waals surface area contributed by atoms with Gasteiger partial charge >= 0.3 is 5.69 Å². The van der Waals surface area contributed by atoms with Crippen LogP contribution in [-0.2, 0) is 6.54 Å². The quantitative estimate of drug-likeness (QED) is 0.530. The highest BCUT2D eigenvalue weighted by molar-refractivity contribution is 6.04. The third-order valence-corrected chi connectivity index (χ3v) is 3.79. The predicted octanol–water partition coefficient (Wildman–Crippen LogP) is 3.24. The van der Waals surface area contributed by atoms with E-state index in [1.807, 2.05) is 0 Å². The third kappa shape index (κ3) is 4.27. The molecular formula is C18H15FN4O4. The van der Waals surface area contributed by atoms with E-state index in [0.29, 0.717) is 12.2 Å². The van der Waals surface area contributed by atoms with Gasteiger partial charge in [0, 0.05) is 17.8 Å². The van der Waals surface area contributed by atoms with E-state index in [9.17, 15) is 19.3 Å². The van der Waals surface area contributed by atoms with Gasteiger partial charge in [0.05, 0.1) is 30.5 Å². The zero-order valence-electron chi connectivity index (χ0n) is 14.3. The van der Waals surface area contributed by atoms with E-state index >= 15 is 0 Å². The fraction of sp³-hybridized carbons (Fsp3) is 0.111. The molecule has 8 nitrogen and oxygen atoms in total. The van der Waals surface area contributed by atoms with Crippen LogP contribution < -0.4 is 10.1 Å². The van der Waals surface area contributed by atoms with Gasteiger partial charge in [0.2, 0.25) is 0 Å². The summed E-state index contributed by atoms with van der Waals surface area (Å²) in [6.07, 6.45) is 3.07. The molecule has 0 spiro atoms. The second-order valence-electron chi connectivity index (χ2n) is 5.65. The van der Waals surface area contributed by atoms with Crippen LogP contribution in [0.1, 0.15) is 15.9 Å². The number of benzene rings is 2. The Morgan fingerprint density at radius 2 is 2.04 bits per heavy atom. The van der Waals surface area contributed by atoms with Crippen LogP contribution in [0.5, 0.6) is 5.75 Å². The largest absolute Gasteiger partial charge is 0.490 e. The van der Waals surface area contributed by atoms with Crippen LogP contribution in [0.25, 0.3) is 0 Å².